The highest BCUT2D eigenvalue weighted by molar-refractivity contribution is 7.91. The first-order valence-corrected chi connectivity index (χ1v) is 10.4. The number of aryl methyl sites for hydroxylation is 1. The molecule has 1 saturated heterocycles. The number of halogens is 2. The smallest absolute Gasteiger partial charge is 0.220 e. The maximum absolute atomic E-state index is 12.7. The average Bonchev–Trinajstić information content (AvgIpc) is 2.92. The average molecular weight is 418 g/mol. The fourth-order valence-electron chi connectivity index (χ4n) is 2.79. The van der Waals surface area contributed by atoms with Gasteiger partial charge in [0.1, 0.15) is 5.56 Å². The number of aromatic hydroxyl groups is 1. The van der Waals surface area contributed by atoms with Gasteiger partial charge in [0.15, 0.2) is 9.84 Å². The van der Waals surface area contributed by atoms with Crippen molar-refractivity contribution in [1.82, 2.24) is 14.7 Å². The van der Waals surface area contributed by atoms with Crippen LogP contribution in [0.4, 0.5) is 0 Å². The summed E-state index contributed by atoms with van der Waals surface area (Å²) < 4.78 is 24.3. The van der Waals surface area contributed by atoms with E-state index in [-0.39, 0.29) is 33.5 Å². The summed E-state index contributed by atoms with van der Waals surface area (Å²) in [7, 11) is -1.47. The van der Waals surface area contributed by atoms with Crippen molar-refractivity contribution in [3.63, 3.8) is 0 Å². The lowest BCUT2D eigenvalue weighted by Crippen LogP contribution is -2.39. The van der Waals surface area contributed by atoms with Crippen LogP contribution in [-0.4, -0.2) is 58.6 Å². The molecule has 7 nitrogen and oxygen atoms in total. The number of aromatic nitrogens is 2. The summed E-state index contributed by atoms with van der Waals surface area (Å²) >= 11 is 12.7. The molecule has 0 spiro atoms. The fraction of sp³-hybridized carbons (Fsp3) is 0.375. The molecule has 1 N–H and O–H groups in total. The van der Waals surface area contributed by atoms with Crippen molar-refractivity contribution < 1.29 is 18.3 Å². The van der Waals surface area contributed by atoms with Gasteiger partial charge in [0, 0.05) is 42.8 Å². The van der Waals surface area contributed by atoms with Gasteiger partial charge in [-0.25, -0.2) is 13.1 Å². The Balaban J connectivity index is 1.89. The number of hydrogen-bond acceptors (Lipinski definition) is 6. The van der Waals surface area contributed by atoms with Crippen LogP contribution in [0.1, 0.15) is 21.5 Å². The molecule has 2 aromatic rings. The van der Waals surface area contributed by atoms with Gasteiger partial charge < -0.3 is 5.11 Å². The number of carbonyl (C=O) groups excluding carboxylic acids is 1. The largest absolute Gasteiger partial charge is 0.493 e. The maximum atomic E-state index is 12.7. The van der Waals surface area contributed by atoms with Crippen LogP contribution in [0.5, 0.6) is 5.88 Å². The molecule has 0 atom stereocenters. The number of nitrogens with zero attached hydrogens (tertiary/aromatic N) is 3. The summed E-state index contributed by atoms with van der Waals surface area (Å²) in [5.74, 6) is -0.530. The second-order valence-electron chi connectivity index (χ2n) is 6.15. The zero-order chi connectivity index (χ0) is 19.1. The molecular weight excluding hydrogens is 401 g/mol. The van der Waals surface area contributed by atoms with E-state index in [0.717, 1.165) is 0 Å². The van der Waals surface area contributed by atoms with Gasteiger partial charge in [-0.3, -0.25) is 9.69 Å². The number of ketones is 1. The van der Waals surface area contributed by atoms with Crippen LogP contribution < -0.4 is 0 Å². The Labute approximate surface area is 161 Å². The van der Waals surface area contributed by atoms with Crippen LogP contribution >= 0.6 is 23.2 Å². The molecule has 1 aromatic heterocycles. The topological polar surface area (TPSA) is 92.5 Å². The first-order valence-electron chi connectivity index (χ1n) is 7.85. The zero-order valence-electron chi connectivity index (χ0n) is 13.9. The van der Waals surface area contributed by atoms with Crippen LogP contribution in [0.3, 0.4) is 0 Å². The molecule has 1 fully saturated rings. The molecule has 3 rings (SSSR count). The van der Waals surface area contributed by atoms with Gasteiger partial charge in [0.05, 0.1) is 22.7 Å². The lowest BCUT2D eigenvalue weighted by molar-refractivity contribution is 0.103. The van der Waals surface area contributed by atoms with E-state index >= 15 is 0 Å². The molecule has 26 heavy (non-hydrogen) atoms. The van der Waals surface area contributed by atoms with E-state index in [1.807, 2.05) is 4.90 Å². The highest BCUT2D eigenvalue weighted by Gasteiger charge is 2.25. The van der Waals surface area contributed by atoms with Gasteiger partial charge in [-0.2, -0.15) is 5.10 Å². The highest BCUT2D eigenvalue weighted by Crippen LogP contribution is 2.32. The second-order valence-corrected chi connectivity index (χ2v) is 9.24. The summed E-state index contributed by atoms with van der Waals surface area (Å²) in [6.07, 6.45) is 1.28. The van der Waals surface area contributed by atoms with Crippen LogP contribution in [0.25, 0.3) is 0 Å². The van der Waals surface area contributed by atoms with E-state index in [0.29, 0.717) is 30.2 Å². The number of hydrogen-bond donors (Lipinski definition) is 1. The Bertz CT molecular complexity index is 958. The third-order valence-corrected chi connectivity index (χ3v) is 6.80. The van der Waals surface area contributed by atoms with Crippen molar-refractivity contribution >= 4 is 38.8 Å². The van der Waals surface area contributed by atoms with Crippen LogP contribution in [0.2, 0.25) is 10.0 Å². The Hall–Kier alpha value is -1.61. The number of sulfone groups is 1. The molecule has 1 aliphatic rings. The molecule has 140 valence electrons. The van der Waals surface area contributed by atoms with Crippen molar-refractivity contribution in [2.24, 2.45) is 7.05 Å². The molecular formula is C16H17Cl2N3O4S. The molecule has 0 aliphatic carbocycles. The lowest BCUT2D eigenvalue weighted by Gasteiger charge is -2.27. The third kappa shape index (κ3) is 3.73. The lowest BCUT2D eigenvalue weighted by atomic mass is 10.0. The number of benzene rings is 1. The van der Waals surface area contributed by atoms with Gasteiger partial charge in [-0.1, -0.05) is 23.2 Å². The minimum absolute atomic E-state index is 0.0479. The highest BCUT2D eigenvalue weighted by atomic mass is 35.5. The molecule has 0 unspecified atom stereocenters. The number of rotatable bonds is 4. The third-order valence-electron chi connectivity index (χ3n) is 4.40. The van der Waals surface area contributed by atoms with Crippen molar-refractivity contribution in [1.29, 1.82) is 0 Å². The van der Waals surface area contributed by atoms with E-state index in [1.54, 1.807) is 6.07 Å². The quantitative estimate of drug-likeness (QED) is 0.763. The van der Waals surface area contributed by atoms with Gasteiger partial charge >= 0.3 is 0 Å². The molecule has 0 saturated carbocycles. The van der Waals surface area contributed by atoms with E-state index in [9.17, 15) is 18.3 Å². The summed E-state index contributed by atoms with van der Waals surface area (Å²) in [5.41, 5.74) is 0.813. The summed E-state index contributed by atoms with van der Waals surface area (Å²) in [6.45, 7) is 1.11. The maximum Gasteiger partial charge on any atom is 0.220 e. The standard InChI is InChI=1S/C16H17Cl2N3O4S/c1-20-16(23)11(8-19-20)15(22)10-2-3-13(17)12(14(10)18)9-21-4-6-26(24,25)7-5-21/h2-3,8,23H,4-7,9H2,1H3. The van der Waals surface area contributed by atoms with Gasteiger partial charge in [0.2, 0.25) is 11.7 Å². The summed E-state index contributed by atoms with van der Waals surface area (Å²) in [5, 5.41) is 14.4. The molecule has 2 heterocycles. The molecule has 1 aromatic carbocycles. The Morgan fingerprint density at radius 3 is 2.46 bits per heavy atom. The van der Waals surface area contributed by atoms with Gasteiger partial charge in [-0.05, 0) is 12.1 Å². The predicted octanol–water partition coefficient (Wildman–Crippen LogP) is 1.89. The summed E-state index contributed by atoms with van der Waals surface area (Å²) in [6, 6.07) is 3.08. The zero-order valence-corrected chi connectivity index (χ0v) is 16.3. The molecule has 0 bridgehead atoms. The fourth-order valence-corrected chi connectivity index (χ4v) is 4.64. The first kappa shape index (κ1) is 19.2. The SMILES string of the molecule is Cn1ncc(C(=O)c2ccc(Cl)c(CN3CCS(=O)(=O)CC3)c2Cl)c1O. The van der Waals surface area contributed by atoms with Crippen LogP contribution in [0.15, 0.2) is 18.3 Å². The van der Waals surface area contributed by atoms with Crippen LogP contribution in [-0.2, 0) is 23.4 Å². The Morgan fingerprint density at radius 1 is 1.23 bits per heavy atom. The molecule has 0 amide bonds. The van der Waals surface area contributed by atoms with E-state index in [2.05, 4.69) is 5.10 Å². The van der Waals surface area contributed by atoms with Crippen molar-refractivity contribution in [2.45, 2.75) is 6.54 Å². The Morgan fingerprint density at radius 2 is 1.88 bits per heavy atom. The molecule has 10 heteroatoms. The van der Waals surface area contributed by atoms with Gasteiger partial charge in [-0.15, -0.1) is 0 Å². The minimum atomic E-state index is -2.99. The van der Waals surface area contributed by atoms with Crippen LogP contribution in [0, 0.1) is 0 Å². The molecule has 0 radical (unpaired) electrons. The van der Waals surface area contributed by atoms with E-state index < -0.39 is 15.6 Å². The van der Waals surface area contributed by atoms with Gasteiger partial charge in [0.25, 0.3) is 0 Å². The first-order chi connectivity index (χ1) is 12.2. The normalized spacial score (nSPS) is 17.3. The molecule has 1 aliphatic heterocycles. The summed E-state index contributed by atoms with van der Waals surface area (Å²) in [4.78, 5) is 14.6. The predicted molar refractivity (Wildman–Crippen MR) is 98.7 cm³/mol. The van der Waals surface area contributed by atoms with Crippen molar-refractivity contribution in [2.75, 3.05) is 24.6 Å². The second kappa shape index (κ2) is 7.19. The number of carbonyl (C=O) groups is 1. The minimum Gasteiger partial charge on any atom is -0.493 e. The monoisotopic (exact) mass is 417 g/mol. The van der Waals surface area contributed by atoms with Crippen molar-refractivity contribution in [3.05, 3.63) is 45.1 Å². The van der Waals surface area contributed by atoms with E-state index in [1.165, 1.54) is 24.0 Å². The van der Waals surface area contributed by atoms with E-state index in [4.69, 9.17) is 23.2 Å². The van der Waals surface area contributed by atoms with Crippen molar-refractivity contribution in [3.8, 4) is 5.88 Å². The Kier molecular flexibility index (Phi) is 5.30.